The van der Waals surface area contributed by atoms with Crippen LogP contribution in [0, 0.1) is 11.8 Å². The molecule has 0 radical (unpaired) electrons. The highest BCUT2D eigenvalue weighted by Crippen LogP contribution is 2.40. The molecule has 0 aliphatic heterocycles. The molecule has 2 N–H and O–H groups in total. The Morgan fingerprint density at radius 1 is 0.933 bits per heavy atom. The zero-order valence-corrected chi connectivity index (χ0v) is 19.8. The Hall–Kier alpha value is -0.650. The van der Waals surface area contributed by atoms with Gasteiger partial charge < -0.3 is 19.7 Å². The molecule has 1 aliphatic rings. The van der Waals surface area contributed by atoms with Gasteiger partial charge >= 0.3 is 5.97 Å². The number of hydrogen-bond donors (Lipinski definition) is 2. The number of ether oxygens (including phenoxy) is 2. The maximum atomic E-state index is 11.6. The van der Waals surface area contributed by atoms with Crippen LogP contribution >= 0.6 is 0 Å². The van der Waals surface area contributed by atoms with E-state index >= 15 is 0 Å². The minimum Gasteiger partial charge on any atom is -0.466 e. The molecule has 0 heterocycles. The van der Waals surface area contributed by atoms with Crippen LogP contribution in [0.2, 0.25) is 0 Å². The number of methoxy groups -OCH3 is 1. The van der Waals surface area contributed by atoms with E-state index in [1.165, 1.54) is 12.8 Å². The highest BCUT2D eigenvalue weighted by molar-refractivity contribution is 5.69. The molecule has 178 valence electrons. The van der Waals surface area contributed by atoms with Crippen LogP contribution in [0.5, 0.6) is 0 Å². The van der Waals surface area contributed by atoms with E-state index < -0.39 is 0 Å². The number of carbonyl (C=O) groups excluding carboxylic acids is 1. The van der Waals surface area contributed by atoms with E-state index in [-0.39, 0.29) is 30.2 Å². The molecule has 1 unspecified atom stereocenters. The second-order valence-corrected chi connectivity index (χ2v) is 9.16. The first-order valence-corrected chi connectivity index (χ1v) is 12.6. The van der Waals surface area contributed by atoms with Gasteiger partial charge in [0.25, 0.3) is 0 Å². The van der Waals surface area contributed by atoms with Crippen molar-refractivity contribution in [3.8, 4) is 0 Å². The van der Waals surface area contributed by atoms with Gasteiger partial charge in [0.2, 0.25) is 0 Å². The van der Waals surface area contributed by atoms with Gasteiger partial charge in [-0.3, -0.25) is 4.79 Å². The molecule has 0 bridgehead atoms. The van der Waals surface area contributed by atoms with Crippen molar-refractivity contribution < 1.29 is 24.5 Å². The van der Waals surface area contributed by atoms with E-state index in [1.807, 2.05) is 0 Å². The minimum atomic E-state index is -0.300. The van der Waals surface area contributed by atoms with Crippen molar-refractivity contribution >= 4 is 5.97 Å². The van der Waals surface area contributed by atoms with Gasteiger partial charge in [0.1, 0.15) is 0 Å². The zero-order valence-electron chi connectivity index (χ0n) is 19.8. The predicted octanol–water partition coefficient (Wildman–Crippen LogP) is 5.40. The summed E-state index contributed by atoms with van der Waals surface area (Å²) in [6, 6.07) is 0. The van der Waals surface area contributed by atoms with Crippen molar-refractivity contribution in [2.24, 2.45) is 11.8 Å². The average Bonchev–Trinajstić information content (AvgIpc) is 3.04. The molecule has 1 fully saturated rings. The normalized spacial score (nSPS) is 24.8. The molecule has 0 saturated heterocycles. The lowest BCUT2D eigenvalue weighted by molar-refractivity contribution is -0.143. The number of esters is 1. The van der Waals surface area contributed by atoms with Crippen LogP contribution in [-0.4, -0.2) is 48.2 Å². The molecule has 1 aliphatic carbocycles. The summed E-state index contributed by atoms with van der Waals surface area (Å²) in [6.45, 7) is 4.81. The van der Waals surface area contributed by atoms with Crippen molar-refractivity contribution in [1.82, 2.24) is 0 Å². The summed E-state index contributed by atoms with van der Waals surface area (Å²) < 4.78 is 10.9. The summed E-state index contributed by atoms with van der Waals surface area (Å²) in [5.74, 6) is 0.520. The molecule has 0 amide bonds. The second-order valence-electron chi connectivity index (χ2n) is 9.16. The Morgan fingerprint density at radius 2 is 1.67 bits per heavy atom. The second kappa shape index (κ2) is 17.0. The maximum absolute atomic E-state index is 11.6. The van der Waals surface area contributed by atoms with E-state index in [9.17, 15) is 15.0 Å². The molecule has 0 aromatic heterocycles. The van der Waals surface area contributed by atoms with Gasteiger partial charge in [-0.2, -0.15) is 0 Å². The van der Waals surface area contributed by atoms with Gasteiger partial charge in [0.05, 0.1) is 24.9 Å². The molecular formula is C25H48O5. The molecular weight excluding hydrogens is 380 g/mol. The largest absolute Gasteiger partial charge is 0.466 e. The topological polar surface area (TPSA) is 76.0 Å². The standard InChI is InChI=1S/C25H48O5/c1-4-6-10-13-20(26)16-17-22-21(23(27)19-24(22)29-3)14-11-8-9-12-15-25(28)30-18-7-5-2/h20-24,26-27H,4-19H2,1-3H3/t20?,21-,22-,23+,24-/m1/s1. The average molecular weight is 429 g/mol. The van der Waals surface area contributed by atoms with Crippen molar-refractivity contribution in [2.45, 2.75) is 128 Å². The first-order valence-electron chi connectivity index (χ1n) is 12.6. The first kappa shape index (κ1) is 27.4. The summed E-state index contributed by atoms with van der Waals surface area (Å²) in [7, 11) is 1.74. The summed E-state index contributed by atoms with van der Waals surface area (Å²) in [6.07, 6.45) is 13.9. The number of rotatable bonds is 18. The van der Waals surface area contributed by atoms with Crippen molar-refractivity contribution in [3.63, 3.8) is 0 Å². The van der Waals surface area contributed by atoms with E-state index in [1.54, 1.807) is 7.11 Å². The van der Waals surface area contributed by atoms with Gasteiger partial charge in [-0.1, -0.05) is 58.8 Å². The molecule has 0 spiro atoms. The first-order chi connectivity index (χ1) is 14.5. The van der Waals surface area contributed by atoms with Crippen LogP contribution in [0.15, 0.2) is 0 Å². The Morgan fingerprint density at radius 3 is 2.37 bits per heavy atom. The molecule has 0 aromatic carbocycles. The van der Waals surface area contributed by atoms with Crippen molar-refractivity contribution in [1.29, 1.82) is 0 Å². The fourth-order valence-electron chi connectivity index (χ4n) is 4.79. The van der Waals surface area contributed by atoms with Gasteiger partial charge in [-0.25, -0.2) is 0 Å². The molecule has 5 nitrogen and oxygen atoms in total. The molecule has 5 heteroatoms. The quantitative estimate of drug-likeness (QED) is 0.226. The Bertz CT molecular complexity index is 428. The van der Waals surface area contributed by atoms with E-state index in [0.717, 1.165) is 70.6 Å². The lowest BCUT2D eigenvalue weighted by Crippen LogP contribution is -2.25. The van der Waals surface area contributed by atoms with Crippen molar-refractivity contribution in [2.75, 3.05) is 13.7 Å². The smallest absolute Gasteiger partial charge is 0.305 e. The molecule has 5 atom stereocenters. The van der Waals surface area contributed by atoms with Crippen molar-refractivity contribution in [3.05, 3.63) is 0 Å². The maximum Gasteiger partial charge on any atom is 0.305 e. The number of unbranched alkanes of at least 4 members (excludes halogenated alkanes) is 6. The number of aliphatic hydroxyl groups is 2. The fraction of sp³-hybridized carbons (Fsp3) is 0.960. The summed E-state index contributed by atoms with van der Waals surface area (Å²) in [4.78, 5) is 11.6. The van der Waals surface area contributed by atoms with E-state index in [0.29, 0.717) is 25.4 Å². The number of carbonyl (C=O) groups is 1. The van der Waals surface area contributed by atoms with Crippen LogP contribution in [0.25, 0.3) is 0 Å². The van der Waals surface area contributed by atoms with Crippen LogP contribution in [0.3, 0.4) is 0 Å². The van der Waals surface area contributed by atoms with E-state index in [2.05, 4.69) is 13.8 Å². The summed E-state index contributed by atoms with van der Waals surface area (Å²) in [5, 5.41) is 20.9. The number of hydrogen-bond acceptors (Lipinski definition) is 5. The third-order valence-corrected chi connectivity index (χ3v) is 6.70. The molecule has 30 heavy (non-hydrogen) atoms. The summed E-state index contributed by atoms with van der Waals surface area (Å²) >= 11 is 0. The molecule has 1 rings (SSSR count). The zero-order chi connectivity index (χ0) is 22.2. The van der Waals surface area contributed by atoms with Gasteiger partial charge in [-0.15, -0.1) is 0 Å². The minimum absolute atomic E-state index is 0.0739. The predicted molar refractivity (Wildman–Crippen MR) is 121 cm³/mol. The lowest BCUT2D eigenvalue weighted by atomic mass is 9.84. The Kier molecular flexibility index (Phi) is 15.5. The van der Waals surface area contributed by atoms with Crippen LogP contribution in [0.4, 0.5) is 0 Å². The SMILES string of the molecule is CCCCCC(O)CC[C@@H]1[C@@H](CCCCCCC(=O)OCCCC)[C@@H](O)C[C@H]1OC. The summed E-state index contributed by atoms with van der Waals surface area (Å²) in [5.41, 5.74) is 0. The molecule has 0 aromatic rings. The van der Waals surface area contributed by atoms with Crippen LogP contribution in [0.1, 0.15) is 110 Å². The van der Waals surface area contributed by atoms with Crippen LogP contribution < -0.4 is 0 Å². The third kappa shape index (κ3) is 11.1. The van der Waals surface area contributed by atoms with Gasteiger partial charge in [0, 0.05) is 20.0 Å². The van der Waals surface area contributed by atoms with E-state index in [4.69, 9.17) is 9.47 Å². The highest BCUT2D eigenvalue weighted by atomic mass is 16.5. The van der Waals surface area contributed by atoms with Crippen LogP contribution in [-0.2, 0) is 14.3 Å². The molecule has 1 saturated carbocycles. The number of aliphatic hydroxyl groups excluding tert-OH is 2. The van der Waals surface area contributed by atoms with Gasteiger partial charge in [0.15, 0.2) is 0 Å². The lowest BCUT2D eigenvalue weighted by Gasteiger charge is -2.26. The highest BCUT2D eigenvalue weighted by Gasteiger charge is 2.41. The Labute approximate surface area is 184 Å². The Balaban J connectivity index is 2.27. The monoisotopic (exact) mass is 428 g/mol. The fourth-order valence-corrected chi connectivity index (χ4v) is 4.79. The van der Waals surface area contributed by atoms with Gasteiger partial charge in [-0.05, 0) is 50.4 Å². The third-order valence-electron chi connectivity index (χ3n) is 6.70.